The fourth-order valence-corrected chi connectivity index (χ4v) is 2.30. The number of benzene rings is 2. The fraction of sp³-hybridized carbons (Fsp3) is 0.222. The molecule has 2 aromatic carbocycles. The number of amides is 1. The summed E-state index contributed by atoms with van der Waals surface area (Å²) in [7, 11) is 1.15. The molecule has 0 spiro atoms. The first-order chi connectivity index (χ1) is 11.9. The topological polar surface area (TPSA) is 55.4 Å². The van der Waals surface area contributed by atoms with Gasteiger partial charge in [0.2, 0.25) is 5.91 Å². The van der Waals surface area contributed by atoms with Gasteiger partial charge in [-0.15, -0.1) is 0 Å². The van der Waals surface area contributed by atoms with Crippen LogP contribution < -0.4 is 5.32 Å². The molecule has 0 aliphatic carbocycles. The predicted octanol–water partition coefficient (Wildman–Crippen LogP) is 2.55. The van der Waals surface area contributed by atoms with Crippen molar-refractivity contribution >= 4 is 11.9 Å². The molecular weight excluding hydrogens is 335 g/mol. The van der Waals surface area contributed by atoms with Crippen molar-refractivity contribution in [3.63, 3.8) is 0 Å². The molecule has 0 saturated heterocycles. The van der Waals surface area contributed by atoms with E-state index in [2.05, 4.69) is 10.1 Å². The van der Waals surface area contributed by atoms with Crippen LogP contribution in [0.15, 0.2) is 42.5 Å². The normalized spacial score (nSPS) is 11.7. The van der Waals surface area contributed by atoms with Crippen molar-refractivity contribution < 1.29 is 27.5 Å². The van der Waals surface area contributed by atoms with E-state index >= 15 is 0 Å². The van der Waals surface area contributed by atoms with Gasteiger partial charge in [0.1, 0.15) is 11.9 Å². The average molecular weight is 351 g/mol. The summed E-state index contributed by atoms with van der Waals surface area (Å²) in [5, 5.41) is 2.43. The Morgan fingerprint density at radius 2 is 1.76 bits per heavy atom. The van der Waals surface area contributed by atoms with Gasteiger partial charge in [-0.1, -0.05) is 24.3 Å². The molecule has 132 valence electrons. The Morgan fingerprint density at radius 3 is 2.40 bits per heavy atom. The zero-order valence-corrected chi connectivity index (χ0v) is 13.4. The molecule has 0 aromatic heterocycles. The highest BCUT2D eigenvalue weighted by atomic mass is 19.2. The van der Waals surface area contributed by atoms with E-state index in [4.69, 9.17) is 0 Å². The van der Waals surface area contributed by atoms with Gasteiger partial charge in [0.25, 0.3) is 0 Å². The summed E-state index contributed by atoms with van der Waals surface area (Å²) >= 11 is 0. The maximum absolute atomic E-state index is 13.7. The lowest BCUT2D eigenvalue weighted by Crippen LogP contribution is -2.43. The van der Waals surface area contributed by atoms with Crippen LogP contribution in [0.2, 0.25) is 0 Å². The summed E-state index contributed by atoms with van der Waals surface area (Å²) in [6, 6.07) is 7.83. The number of methoxy groups -OCH3 is 1. The van der Waals surface area contributed by atoms with E-state index in [9.17, 15) is 22.8 Å². The fourth-order valence-electron chi connectivity index (χ4n) is 2.30. The maximum atomic E-state index is 13.7. The summed E-state index contributed by atoms with van der Waals surface area (Å²) in [5.41, 5.74) is 0.483. The van der Waals surface area contributed by atoms with Crippen LogP contribution in [-0.2, 0) is 27.2 Å². The first kappa shape index (κ1) is 18.5. The van der Waals surface area contributed by atoms with Crippen LogP contribution in [-0.4, -0.2) is 25.0 Å². The molecule has 0 heterocycles. The van der Waals surface area contributed by atoms with E-state index in [1.165, 1.54) is 24.3 Å². The first-order valence-electron chi connectivity index (χ1n) is 7.45. The highest BCUT2D eigenvalue weighted by Crippen LogP contribution is 2.12. The number of hydrogen-bond acceptors (Lipinski definition) is 3. The molecule has 25 heavy (non-hydrogen) atoms. The van der Waals surface area contributed by atoms with E-state index < -0.39 is 35.4 Å². The van der Waals surface area contributed by atoms with Gasteiger partial charge in [-0.2, -0.15) is 0 Å². The summed E-state index contributed by atoms with van der Waals surface area (Å²) in [6.45, 7) is 0. The molecule has 0 bridgehead atoms. The Hall–Kier alpha value is -2.83. The van der Waals surface area contributed by atoms with E-state index in [1.54, 1.807) is 6.07 Å². The molecule has 0 saturated carbocycles. The molecule has 4 nitrogen and oxygen atoms in total. The molecule has 0 fully saturated rings. The average Bonchev–Trinajstić information content (AvgIpc) is 2.58. The third-order valence-corrected chi connectivity index (χ3v) is 3.55. The highest BCUT2D eigenvalue weighted by Gasteiger charge is 2.23. The van der Waals surface area contributed by atoms with Crippen LogP contribution in [0.3, 0.4) is 0 Å². The zero-order valence-electron chi connectivity index (χ0n) is 13.4. The van der Waals surface area contributed by atoms with E-state index in [1.807, 2.05) is 0 Å². The van der Waals surface area contributed by atoms with Gasteiger partial charge in [0.05, 0.1) is 13.5 Å². The number of hydrogen-bond donors (Lipinski definition) is 1. The number of carbonyl (C=O) groups excluding carboxylic acids is 2. The molecule has 1 N–H and O–H groups in total. The summed E-state index contributed by atoms with van der Waals surface area (Å²) in [5.74, 6) is -3.93. The minimum absolute atomic E-state index is 0.0944. The van der Waals surface area contributed by atoms with Gasteiger partial charge in [-0.25, -0.2) is 18.0 Å². The van der Waals surface area contributed by atoms with Crippen molar-refractivity contribution in [2.24, 2.45) is 0 Å². The lowest BCUT2D eigenvalue weighted by molar-refractivity contribution is -0.145. The summed E-state index contributed by atoms with van der Waals surface area (Å²) < 4.78 is 44.5. The second-order valence-electron chi connectivity index (χ2n) is 5.36. The number of rotatable bonds is 6. The van der Waals surface area contributed by atoms with E-state index in [0.29, 0.717) is 0 Å². The Kier molecular flexibility index (Phi) is 6.16. The Balaban J connectivity index is 2.08. The van der Waals surface area contributed by atoms with Crippen molar-refractivity contribution in [2.75, 3.05) is 7.11 Å². The van der Waals surface area contributed by atoms with Gasteiger partial charge in [-0.3, -0.25) is 4.79 Å². The molecule has 0 aliphatic rings. The van der Waals surface area contributed by atoms with Crippen molar-refractivity contribution in [1.29, 1.82) is 0 Å². The number of nitrogens with one attached hydrogen (secondary N) is 1. The van der Waals surface area contributed by atoms with Gasteiger partial charge in [-0.05, 0) is 29.3 Å². The lowest BCUT2D eigenvalue weighted by Gasteiger charge is -2.17. The number of halogens is 3. The molecule has 1 atom stereocenters. The molecule has 7 heteroatoms. The minimum Gasteiger partial charge on any atom is -0.467 e. The molecule has 0 aliphatic heterocycles. The molecule has 2 aromatic rings. The molecule has 0 radical (unpaired) electrons. The van der Waals surface area contributed by atoms with E-state index in [0.717, 1.165) is 19.2 Å². The third-order valence-electron chi connectivity index (χ3n) is 3.55. The second kappa shape index (κ2) is 8.32. The number of ether oxygens (including phenoxy) is 1. The largest absolute Gasteiger partial charge is 0.467 e. The van der Waals surface area contributed by atoms with Gasteiger partial charge < -0.3 is 10.1 Å². The predicted molar refractivity (Wildman–Crippen MR) is 84.1 cm³/mol. The zero-order chi connectivity index (χ0) is 18.4. The molecular formula is C18H16F3NO3. The van der Waals surface area contributed by atoms with Crippen molar-refractivity contribution in [3.05, 3.63) is 71.0 Å². The second-order valence-corrected chi connectivity index (χ2v) is 5.36. The van der Waals surface area contributed by atoms with Crippen LogP contribution in [0.5, 0.6) is 0 Å². The smallest absolute Gasteiger partial charge is 0.328 e. The monoisotopic (exact) mass is 351 g/mol. The minimum atomic E-state index is -1.10. The van der Waals surface area contributed by atoms with Crippen LogP contribution in [0.4, 0.5) is 13.2 Å². The summed E-state index contributed by atoms with van der Waals surface area (Å²) in [4.78, 5) is 23.9. The standard InChI is InChI=1S/C18H16F3NO3/c1-25-18(24)16(10-12-4-2-3-5-13(12)19)22-17(23)9-11-6-7-14(20)15(21)8-11/h2-8,16H,9-10H2,1H3,(H,22,23)/t16-/m1/s1. The molecule has 0 unspecified atom stereocenters. The SMILES string of the molecule is COC(=O)[C@@H](Cc1ccccc1F)NC(=O)Cc1ccc(F)c(F)c1. The Morgan fingerprint density at radius 1 is 1.04 bits per heavy atom. The quantitative estimate of drug-likeness (QED) is 0.814. The van der Waals surface area contributed by atoms with Crippen molar-refractivity contribution in [1.82, 2.24) is 5.32 Å². The third kappa shape index (κ3) is 5.07. The van der Waals surface area contributed by atoms with Crippen LogP contribution in [0, 0.1) is 17.5 Å². The molecule has 2 rings (SSSR count). The van der Waals surface area contributed by atoms with Gasteiger partial charge >= 0.3 is 5.97 Å². The van der Waals surface area contributed by atoms with Crippen LogP contribution >= 0.6 is 0 Å². The lowest BCUT2D eigenvalue weighted by atomic mass is 10.0. The Bertz CT molecular complexity index is 780. The van der Waals surface area contributed by atoms with Gasteiger partial charge in [0, 0.05) is 6.42 Å². The van der Waals surface area contributed by atoms with Crippen molar-refractivity contribution in [3.8, 4) is 0 Å². The van der Waals surface area contributed by atoms with Crippen LogP contribution in [0.1, 0.15) is 11.1 Å². The molecule has 1 amide bonds. The van der Waals surface area contributed by atoms with Gasteiger partial charge in [0.15, 0.2) is 11.6 Å². The van der Waals surface area contributed by atoms with E-state index in [-0.39, 0.29) is 24.0 Å². The Labute approximate surface area is 142 Å². The van der Waals surface area contributed by atoms with Crippen LogP contribution in [0.25, 0.3) is 0 Å². The number of esters is 1. The van der Waals surface area contributed by atoms with Crippen molar-refractivity contribution in [2.45, 2.75) is 18.9 Å². The number of carbonyl (C=O) groups is 2. The first-order valence-corrected chi connectivity index (χ1v) is 7.45. The highest BCUT2D eigenvalue weighted by molar-refractivity contribution is 5.85. The summed E-state index contributed by atoms with van der Waals surface area (Å²) in [6.07, 6.45) is -0.356. The maximum Gasteiger partial charge on any atom is 0.328 e.